The molecule has 1 fully saturated rings. The Hall–Kier alpha value is -2.66. The second-order valence-electron chi connectivity index (χ2n) is 11.5. The van der Waals surface area contributed by atoms with E-state index in [1.54, 1.807) is 25.2 Å². The number of rotatable bonds is 14. The van der Waals surface area contributed by atoms with Gasteiger partial charge in [-0.3, -0.25) is 0 Å². The van der Waals surface area contributed by atoms with Gasteiger partial charge in [-0.25, -0.2) is 32.0 Å². The normalized spacial score (nSPS) is 17.5. The number of aromatic nitrogens is 3. The van der Waals surface area contributed by atoms with Crippen LogP contribution in [0.4, 0.5) is 17.6 Å². The Balaban J connectivity index is 0.00000406. The number of allylic oxidation sites excluding steroid dienone is 2. The van der Waals surface area contributed by atoms with E-state index in [1.165, 1.54) is 47.3 Å². The summed E-state index contributed by atoms with van der Waals surface area (Å²) in [4.78, 5) is 40.2. The van der Waals surface area contributed by atoms with Crippen molar-refractivity contribution in [3.63, 3.8) is 0 Å². The molecule has 0 saturated carbocycles. The summed E-state index contributed by atoms with van der Waals surface area (Å²) in [6.07, 6.45) is 7.94. The molecule has 0 spiro atoms. The quantitative estimate of drug-likeness (QED) is 0.0498. The number of ether oxygens (including phenoxy) is 3. The van der Waals surface area contributed by atoms with Gasteiger partial charge in [-0.15, -0.1) is 11.8 Å². The molecule has 0 radical (unpaired) electrons. The number of hydrogen-bond acceptors (Lipinski definition) is 12. The van der Waals surface area contributed by atoms with E-state index in [-0.39, 0.29) is 101 Å². The van der Waals surface area contributed by atoms with Crippen LogP contribution in [-0.2, 0) is 42.1 Å². The Morgan fingerprint density at radius 1 is 1.07 bits per heavy atom. The predicted octanol–water partition coefficient (Wildman–Crippen LogP) is -1.06. The van der Waals surface area contributed by atoms with Crippen molar-refractivity contribution in [2.75, 3.05) is 13.2 Å². The first-order valence-corrected chi connectivity index (χ1v) is 18.1. The molecule has 1 aromatic heterocycles. The average Bonchev–Trinajstić information content (AvgIpc) is 3.63. The van der Waals surface area contributed by atoms with Gasteiger partial charge in [0.1, 0.15) is 35.9 Å². The summed E-state index contributed by atoms with van der Waals surface area (Å²) in [7, 11) is -5.51. The van der Waals surface area contributed by atoms with Gasteiger partial charge >= 0.3 is 65.1 Å². The number of esters is 1. The summed E-state index contributed by atoms with van der Waals surface area (Å²) in [5, 5.41) is 11.7. The Kier molecular flexibility index (Phi) is 18.0. The molecule has 20 heteroatoms. The molecule has 1 saturated heterocycles. The van der Waals surface area contributed by atoms with Crippen molar-refractivity contribution in [3.8, 4) is 6.07 Å². The van der Waals surface area contributed by atoms with Crippen molar-refractivity contribution in [1.29, 1.82) is 5.26 Å². The number of benzene rings is 3. The molecule has 278 valence electrons. The molecule has 2 atom stereocenters. The van der Waals surface area contributed by atoms with E-state index in [2.05, 4.69) is 14.6 Å². The summed E-state index contributed by atoms with van der Waals surface area (Å²) < 4.78 is 93.1. The molecule has 5 rings (SSSR count). The first-order chi connectivity index (χ1) is 25.3. The van der Waals surface area contributed by atoms with Gasteiger partial charge < -0.3 is 33.1 Å². The molecule has 0 amide bonds. The molecule has 0 unspecified atom stereocenters. The van der Waals surface area contributed by atoms with Gasteiger partial charge in [0, 0.05) is 22.4 Å². The molecule has 0 bridgehead atoms. The molecular weight excluding hydrogens is 789 g/mol. The number of nitrogens with zero attached hydrogens (tertiary/aromatic N) is 4. The molecule has 4 aromatic rings. The number of carbonyl (C=O) groups excluding carboxylic acids is 1. The predicted molar refractivity (Wildman–Crippen MR) is 178 cm³/mol. The number of carbonyl (C=O) groups is 1. The van der Waals surface area contributed by atoms with Gasteiger partial charge in [0.05, 0.1) is 56.6 Å². The van der Waals surface area contributed by atoms with Gasteiger partial charge in [0.25, 0.3) is 0 Å². The van der Waals surface area contributed by atoms with Crippen molar-refractivity contribution in [2.24, 2.45) is 0 Å². The third-order valence-corrected chi connectivity index (χ3v) is 9.82. The molecule has 0 aliphatic carbocycles. The zero-order valence-corrected chi connectivity index (χ0v) is 35.4. The van der Waals surface area contributed by atoms with Crippen molar-refractivity contribution in [2.45, 2.75) is 42.5 Å². The van der Waals surface area contributed by atoms with Crippen LogP contribution in [0.3, 0.4) is 0 Å². The second-order valence-corrected chi connectivity index (χ2v) is 14.3. The van der Waals surface area contributed by atoms with Crippen LogP contribution in [0.15, 0.2) is 85.5 Å². The molecule has 1 aliphatic heterocycles. The third kappa shape index (κ3) is 12.9. The third-order valence-electron chi connectivity index (χ3n) is 7.93. The number of phosphoric acid groups is 1. The summed E-state index contributed by atoms with van der Waals surface area (Å²) in [6.45, 7) is 0.519. The summed E-state index contributed by atoms with van der Waals surface area (Å²) in [5.41, 5.74) is -2.56. The van der Waals surface area contributed by atoms with Crippen LogP contribution in [0.2, 0.25) is 0 Å². The van der Waals surface area contributed by atoms with E-state index in [9.17, 15) is 32.3 Å². The van der Waals surface area contributed by atoms with Crippen molar-refractivity contribution in [3.05, 3.63) is 137 Å². The SMILES string of the molecule is C[C@@H](S[C@H]1CO[C@H](/C=C/C=C/c2ccc(C#N)cc2F)OC1)[C@@](Cn1cncn1)(OC(=O)c1cc(F)ccc1COP(=O)([O-])[O-])c1ccc(F)cc1F.[Na+].[Na+]. The summed E-state index contributed by atoms with van der Waals surface area (Å²) >= 11 is 1.18. The Bertz CT molecular complexity index is 2080. The minimum Gasteiger partial charge on any atom is -0.790 e. The van der Waals surface area contributed by atoms with Gasteiger partial charge in [-0.05, 0) is 55.0 Å². The van der Waals surface area contributed by atoms with Crippen LogP contribution in [0.25, 0.3) is 6.08 Å². The fourth-order valence-electron chi connectivity index (χ4n) is 5.36. The van der Waals surface area contributed by atoms with E-state index >= 15 is 4.39 Å². The molecule has 12 nitrogen and oxygen atoms in total. The van der Waals surface area contributed by atoms with Crippen LogP contribution >= 0.6 is 19.6 Å². The number of phosphoric ester groups is 1. The van der Waals surface area contributed by atoms with Gasteiger partial charge in [-0.2, -0.15) is 10.4 Å². The fraction of sp³-hybridized carbons (Fsp3) is 0.257. The van der Waals surface area contributed by atoms with Crippen LogP contribution < -0.4 is 68.9 Å². The smallest absolute Gasteiger partial charge is 0.790 e. The Morgan fingerprint density at radius 2 is 1.78 bits per heavy atom. The molecule has 0 N–H and O–H groups in total. The average molecular weight is 819 g/mol. The fourth-order valence-corrected chi connectivity index (χ4v) is 7.02. The maximum absolute atomic E-state index is 15.8. The van der Waals surface area contributed by atoms with E-state index in [0.717, 1.165) is 36.4 Å². The van der Waals surface area contributed by atoms with Crippen molar-refractivity contribution >= 4 is 31.6 Å². The van der Waals surface area contributed by atoms with E-state index in [4.69, 9.17) is 19.5 Å². The summed E-state index contributed by atoms with van der Waals surface area (Å²) in [5.74, 6) is -4.72. The zero-order valence-electron chi connectivity index (χ0n) is 29.6. The Labute approximate surface area is 361 Å². The molecule has 2 heterocycles. The number of halogens is 4. The maximum atomic E-state index is 15.8. The van der Waals surface area contributed by atoms with Gasteiger partial charge in [-0.1, -0.05) is 30.4 Å². The van der Waals surface area contributed by atoms with Crippen LogP contribution in [0.5, 0.6) is 0 Å². The number of hydrogen-bond donors (Lipinski definition) is 0. The number of nitriles is 1. The topological polar surface area (TPSA) is 172 Å². The standard InChI is InChI=1S/C35H31F4N4O8PS.2Na/c1-22(53-28-17-48-33(49-18-28)5-3-2-4-24-7-6-23(15-40)12-31(24)38)35(19-43-21-41-20-42-43,30-11-10-27(37)14-32(30)39)51-34(44)29-13-26(36)9-8-25(29)16-50-52(45,46)47;;/h2-14,20-22,28,33H,16-19H2,1H3,(H2,45,46,47);;/q;2*+1/p-2/b4-2+,5-3+;;/t22-,28-,33-,35-;;/m1../s1. The van der Waals surface area contributed by atoms with Gasteiger partial charge in [0.2, 0.25) is 0 Å². The second kappa shape index (κ2) is 21.2. The Morgan fingerprint density at radius 3 is 2.42 bits per heavy atom. The summed E-state index contributed by atoms with van der Waals surface area (Å²) in [6, 6.07) is 11.3. The van der Waals surface area contributed by atoms with E-state index in [1.807, 2.05) is 6.07 Å². The van der Waals surface area contributed by atoms with E-state index in [0.29, 0.717) is 6.07 Å². The zero-order chi connectivity index (χ0) is 38.2. The van der Waals surface area contributed by atoms with Gasteiger partial charge in [0.15, 0.2) is 11.9 Å². The molecule has 1 aliphatic rings. The van der Waals surface area contributed by atoms with Crippen LogP contribution in [0.1, 0.15) is 39.5 Å². The first-order valence-electron chi connectivity index (χ1n) is 15.7. The van der Waals surface area contributed by atoms with Crippen molar-refractivity contribution in [1.82, 2.24) is 14.8 Å². The maximum Gasteiger partial charge on any atom is 1.00 e. The van der Waals surface area contributed by atoms with Crippen LogP contribution in [0, 0.1) is 34.6 Å². The molecular formula is C35H29F4N4Na2O8PS. The minimum absolute atomic E-state index is 0. The monoisotopic (exact) mass is 818 g/mol. The first kappa shape index (κ1) is 46.7. The largest absolute Gasteiger partial charge is 1.00 e. The van der Waals surface area contributed by atoms with Crippen LogP contribution in [-0.4, -0.2) is 50.7 Å². The number of thioether (sulfide) groups is 1. The van der Waals surface area contributed by atoms with Crippen molar-refractivity contribution < 1.29 is 115 Å². The molecule has 3 aromatic carbocycles. The van der Waals surface area contributed by atoms with E-state index < -0.39 is 71.6 Å². The minimum atomic E-state index is -5.51. The molecule has 55 heavy (non-hydrogen) atoms.